The molecule has 2 aromatic rings. The highest BCUT2D eigenvalue weighted by molar-refractivity contribution is 6.03. The first-order chi connectivity index (χ1) is 12.1. The Kier molecular flexibility index (Phi) is 6.05. The van der Waals surface area contributed by atoms with Gasteiger partial charge in [-0.05, 0) is 50.3 Å². The smallest absolute Gasteiger partial charge is 0.475 e. The van der Waals surface area contributed by atoms with Crippen LogP contribution in [0, 0.1) is 5.92 Å². The second-order valence-corrected chi connectivity index (χ2v) is 6.71. The number of hydrogen-bond donors (Lipinski definition) is 1. The maximum absolute atomic E-state index is 10.6. The molecule has 1 aliphatic rings. The zero-order valence-electron chi connectivity index (χ0n) is 14.9. The van der Waals surface area contributed by atoms with Crippen LogP contribution in [0.5, 0.6) is 0 Å². The predicted molar refractivity (Wildman–Crippen MR) is 93.6 cm³/mol. The number of fused-ring (bicyclic) bond motifs is 1. The quantitative estimate of drug-likeness (QED) is 0.849. The van der Waals surface area contributed by atoms with Gasteiger partial charge in [0, 0.05) is 29.9 Å². The summed E-state index contributed by atoms with van der Waals surface area (Å²) in [6.07, 6.45) is -0.595. The van der Waals surface area contributed by atoms with E-state index in [0.29, 0.717) is 6.04 Å². The molecular weight excluding hydrogens is 347 g/mol. The maximum atomic E-state index is 10.6. The number of aromatic nitrogens is 2. The Balaban J connectivity index is 0.000000298. The van der Waals surface area contributed by atoms with Crippen molar-refractivity contribution in [1.29, 1.82) is 0 Å². The molecule has 0 saturated heterocycles. The molecule has 8 heteroatoms. The standard InChI is InChI=1S/C16H21N3.C2HF3O2/c1-11(2)19-10-14-8-13(5-7-16(14)18-19)15-6-4-12(3)9-17-15;3-2(4,5)1(6)7/h5,7-8,10-12H,4,6,9H2,1-3H3;(H,6,7)/t12-;/m0./s1. The monoisotopic (exact) mass is 369 g/mol. The van der Waals surface area contributed by atoms with E-state index in [0.717, 1.165) is 24.4 Å². The largest absolute Gasteiger partial charge is 0.490 e. The van der Waals surface area contributed by atoms with E-state index in [1.165, 1.54) is 23.1 Å². The molecule has 1 aliphatic heterocycles. The Bertz CT molecular complexity index is 810. The molecule has 26 heavy (non-hydrogen) atoms. The summed E-state index contributed by atoms with van der Waals surface area (Å²) in [7, 11) is 0. The van der Waals surface area contributed by atoms with Crippen LogP contribution >= 0.6 is 0 Å². The second-order valence-electron chi connectivity index (χ2n) is 6.71. The molecule has 0 aliphatic carbocycles. The van der Waals surface area contributed by atoms with E-state index in [4.69, 9.17) is 14.9 Å². The minimum atomic E-state index is -5.08. The van der Waals surface area contributed by atoms with E-state index in [2.05, 4.69) is 50.3 Å². The summed E-state index contributed by atoms with van der Waals surface area (Å²) in [5.74, 6) is -2.02. The van der Waals surface area contributed by atoms with E-state index in [-0.39, 0.29) is 0 Å². The van der Waals surface area contributed by atoms with Crippen LogP contribution in [0.1, 0.15) is 45.2 Å². The third-order valence-electron chi connectivity index (χ3n) is 4.09. The summed E-state index contributed by atoms with van der Waals surface area (Å²) in [4.78, 5) is 13.6. The number of carboxylic acids is 1. The van der Waals surface area contributed by atoms with Gasteiger partial charge in [0.05, 0.1) is 5.52 Å². The first-order valence-electron chi connectivity index (χ1n) is 8.40. The van der Waals surface area contributed by atoms with Crippen molar-refractivity contribution in [2.45, 2.75) is 45.8 Å². The lowest BCUT2D eigenvalue weighted by Gasteiger charge is -2.17. The molecule has 1 aromatic carbocycles. The van der Waals surface area contributed by atoms with E-state index in [1.807, 2.05) is 4.68 Å². The van der Waals surface area contributed by atoms with Gasteiger partial charge in [0.1, 0.15) is 0 Å². The van der Waals surface area contributed by atoms with Gasteiger partial charge in [-0.3, -0.25) is 9.67 Å². The molecule has 0 amide bonds. The molecule has 1 aromatic heterocycles. The minimum absolute atomic E-state index is 0.406. The Hall–Kier alpha value is -2.38. The fourth-order valence-corrected chi connectivity index (χ4v) is 2.54. The van der Waals surface area contributed by atoms with Crippen molar-refractivity contribution in [2.24, 2.45) is 10.9 Å². The van der Waals surface area contributed by atoms with Crippen molar-refractivity contribution in [3.05, 3.63) is 30.0 Å². The van der Waals surface area contributed by atoms with E-state index in [1.54, 1.807) is 0 Å². The molecule has 0 bridgehead atoms. The summed E-state index contributed by atoms with van der Waals surface area (Å²) >= 11 is 0. The zero-order chi connectivity index (χ0) is 19.5. The van der Waals surface area contributed by atoms with Crippen molar-refractivity contribution >= 4 is 22.6 Å². The Morgan fingerprint density at radius 2 is 2.00 bits per heavy atom. The Morgan fingerprint density at radius 3 is 2.50 bits per heavy atom. The summed E-state index contributed by atoms with van der Waals surface area (Å²) in [6, 6.07) is 6.92. The number of carbonyl (C=O) groups is 1. The third-order valence-corrected chi connectivity index (χ3v) is 4.09. The van der Waals surface area contributed by atoms with Crippen molar-refractivity contribution in [1.82, 2.24) is 9.78 Å². The number of carboxylic acid groups (broad SMARTS) is 1. The summed E-state index contributed by atoms with van der Waals surface area (Å²) in [5, 5.41) is 12.9. The number of alkyl halides is 3. The van der Waals surface area contributed by atoms with Crippen LogP contribution in [-0.2, 0) is 4.79 Å². The van der Waals surface area contributed by atoms with Gasteiger partial charge in [0.25, 0.3) is 0 Å². The molecule has 1 N–H and O–H groups in total. The number of benzene rings is 1. The molecule has 0 unspecified atom stereocenters. The summed E-state index contributed by atoms with van der Waals surface area (Å²) in [6.45, 7) is 7.55. The first-order valence-corrected chi connectivity index (χ1v) is 8.40. The zero-order valence-corrected chi connectivity index (χ0v) is 14.9. The Labute approximate surface area is 149 Å². The lowest BCUT2D eigenvalue weighted by Crippen LogP contribution is -2.21. The molecule has 0 spiro atoms. The molecule has 0 radical (unpaired) electrons. The number of hydrogen-bond acceptors (Lipinski definition) is 3. The van der Waals surface area contributed by atoms with Gasteiger partial charge in [0.2, 0.25) is 0 Å². The Morgan fingerprint density at radius 1 is 1.35 bits per heavy atom. The SMILES string of the molecule is CC(C)n1cc2cc(C3=NC[C@@H](C)CC3)ccc2n1.O=C(O)C(F)(F)F. The van der Waals surface area contributed by atoms with Gasteiger partial charge in [0.15, 0.2) is 0 Å². The van der Waals surface area contributed by atoms with Gasteiger partial charge in [-0.15, -0.1) is 0 Å². The van der Waals surface area contributed by atoms with Gasteiger partial charge >= 0.3 is 12.1 Å². The number of nitrogens with zero attached hydrogens (tertiary/aromatic N) is 3. The van der Waals surface area contributed by atoms with Crippen LogP contribution in [0.15, 0.2) is 29.4 Å². The van der Waals surface area contributed by atoms with Crippen molar-refractivity contribution in [3.63, 3.8) is 0 Å². The van der Waals surface area contributed by atoms with Crippen LogP contribution in [0.4, 0.5) is 13.2 Å². The summed E-state index contributed by atoms with van der Waals surface area (Å²) < 4.78 is 33.8. The highest BCUT2D eigenvalue weighted by Crippen LogP contribution is 2.22. The highest BCUT2D eigenvalue weighted by Gasteiger charge is 2.38. The number of aliphatic carboxylic acids is 1. The van der Waals surface area contributed by atoms with Crippen LogP contribution < -0.4 is 0 Å². The van der Waals surface area contributed by atoms with E-state index < -0.39 is 12.1 Å². The molecule has 0 saturated carbocycles. The van der Waals surface area contributed by atoms with Crippen LogP contribution in [-0.4, -0.2) is 39.3 Å². The first kappa shape index (κ1) is 19.9. The fraction of sp³-hybridized carbons (Fsp3) is 0.500. The number of aliphatic imine (C=N–C) groups is 1. The normalized spacial score (nSPS) is 17.7. The molecule has 1 atom stereocenters. The van der Waals surface area contributed by atoms with Crippen molar-refractivity contribution in [3.8, 4) is 0 Å². The molecule has 142 valence electrons. The molecule has 0 fully saturated rings. The van der Waals surface area contributed by atoms with Crippen molar-refractivity contribution in [2.75, 3.05) is 6.54 Å². The molecule has 5 nitrogen and oxygen atoms in total. The van der Waals surface area contributed by atoms with Gasteiger partial charge < -0.3 is 5.11 Å². The average Bonchev–Trinajstić information content (AvgIpc) is 2.98. The number of halogens is 3. The topological polar surface area (TPSA) is 67.5 Å². The van der Waals surface area contributed by atoms with Crippen molar-refractivity contribution < 1.29 is 23.1 Å². The van der Waals surface area contributed by atoms with Crippen LogP contribution in [0.3, 0.4) is 0 Å². The lowest BCUT2D eigenvalue weighted by molar-refractivity contribution is -0.192. The predicted octanol–water partition coefficient (Wildman–Crippen LogP) is 4.47. The molecule has 2 heterocycles. The fourth-order valence-electron chi connectivity index (χ4n) is 2.54. The van der Waals surface area contributed by atoms with Gasteiger partial charge in [-0.25, -0.2) is 4.79 Å². The van der Waals surface area contributed by atoms with E-state index >= 15 is 0 Å². The van der Waals surface area contributed by atoms with E-state index in [9.17, 15) is 13.2 Å². The van der Waals surface area contributed by atoms with Gasteiger partial charge in [-0.1, -0.05) is 13.0 Å². The minimum Gasteiger partial charge on any atom is -0.475 e. The average molecular weight is 369 g/mol. The van der Waals surface area contributed by atoms with Gasteiger partial charge in [-0.2, -0.15) is 18.3 Å². The maximum Gasteiger partial charge on any atom is 0.490 e. The molecular formula is C18H22F3N3O2. The molecule has 3 rings (SSSR count). The third kappa shape index (κ3) is 5.06. The van der Waals surface area contributed by atoms with Crippen LogP contribution in [0.25, 0.3) is 10.9 Å². The number of rotatable bonds is 2. The highest BCUT2D eigenvalue weighted by atomic mass is 19.4. The second kappa shape index (κ2) is 7.88. The van der Waals surface area contributed by atoms with Crippen LogP contribution in [0.2, 0.25) is 0 Å². The lowest BCUT2D eigenvalue weighted by atomic mass is 9.95. The summed E-state index contributed by atoms with van der Waals surface area (Å²) in [5.41, 5.74) is 3.60.